The highest BCUT2D eigenvalue weighted by Gasteiger charge is 2.08. The molecule has 0 spiro atoms. The molecule has 6 heteroatoms. The van der Waals surface area contributed by atoms with E-state index in [-0.39, 0.29) is 11.7 Å². The number of H-pyrrole nitrogens is 1. The fourth-order valence-electron chi connectivity index (χ4n) is 1.44. The van der Waals surface area contributed by atoms with Crippen LogP contribution in [-0.2, 0) is 0 Å². The van der Waals surface area contributed by atoms with Crippen molar-refractivity contribution in [3.05, 3.63) is 38.8 Å². The zero-order valence-electron chi connectivity index (χ0n) is 8.82. The van der Waals surface area contributed by atoms with E-state index in [1.807, 2.05) is 13.8 Å². The summed E-state index contributed by atoms with van der Waals surface area (Å²) >= 11 is 5.07. The molecule has 2 aromatic heterocycles. The van der Waals surface area contributed by atoms with Gasteiger partial charge in [0.2, 0.25) is 11.7 Å². The van der Waals surface area contributed by atoms with Crippen molar-refractivity contribution in [2.45, 2.75) is 19.8 Å². The van der Waals surface area contributed by atoms with Crippen LogP contribution in [0.1, 0.15) is 25.3 Å². The van der Waals surface area contributed by atoms with Crippen LogP contribution >= 0.6 is 12.2 Å². The monoisotopic (exact) mass is 239 g/mol. The van der Waals surface area contributed by atoms with Gasteiger partial charge in [-0.3, -0.25) is 14.2 Å². The summed E-state index contributed by atoms with van der Waals surface area (Å²) in [5.41, 5.74) is 0.246. The molecule has 0 unspecified atom stereocenters. The van der Waals surface area contributed by atoms with Gasteiger partial charge in [-0.2, -0.15) is 4.39 Å². The molecule has 16 heavy (non-hydrogen) atoms. The second-order valence-corrected chi connectivity index (χ2v) is 4.19. The summed E-state index contributed by atoms with van der Waals surface area (Å²) in [4.78, 5) is 17.5. The maximum absolute atomic E-state index is 13.5. The quantitative estimate of drug-likeness (QED) is 0.611. The van der Waals surface area contributed by atoms with Crippen molar-refractivity contribution in [3.8, 4) is 0 Å². The van der Waals surface area contributed by atoms with E-state index in [0.717, 1.165) is 11.6 Å². The molecular weight excluding hydrogens is 229 g/mol. The highest BCUT2D eigenvalue weighted by molar-refractivity contribution is 7.71. The average molecular weight is 239 g/mol. The molecule has 0 aliphatic rings. The summed E-state index contributed by atoms with van der Waals surface area (Å²) in [5.74, 6) is -0.370. The van der Waals surface area contributed by atoms with E-state index in [4.69, 9.17) is 12.2 Å². The van der Waals surface area contributed by atoms with Gasteiger partial charge < -0.3 is 0 Å². The molecule has 0 radical (unpaired) electrons. The maximum atomic E-state index is 13.5. The molecule has 0 aromatic carbocycles. The number of halogens is 1. The molecule has 0 amide bonds. The van der Waals surface area contributed by atoms with Crippen molar-refractivity contribution in [1.29, 1.82) is 0 Å². The smallest absolute Gasteiger partial charge is 0.255 e. The van der Waals surface area contributed by atoms with Crippen LogP contribution in [0.25, 0.3) is 5.78 Å². The Morgan fingerprint density at radius 1 is 1.56 bits per heavy atom. The second-order valence-electron chi connectivity index (χ2n) is 3.81. The Hall–Kier alpha value is -1.56. The summed E-state index contributed by atoms with van der Waals surface area (Å²) in [6.45, 7) is 3.89. The summed E-state index contributed by atoms with van der Waals surface area (Å²) < 4.78 is 15.1. The predicted octanol–water partition coefficient (Wildman–Crippen LogP) is 2.01. The molecule has 1 N–H and O–H groups in total. The highest BCUT2D eigenvalue weighted by atomic mass is 32.1. The Morgan fingerprint density at radius 3 is 2.88 bits per heavy atom. The van der Waals surface area contributed by atoms with Crippen molar-refractivity contribution in [3.63, 3.8) is 0 Å². The SMILES string of the molecule is CC(C)c1cn2c(F)cc(=O)[nH]c2nc1=S. The van der Waals surface area contributed by atoms with E-state index in [9.17, 15) is 9.18 Å². The zero-order valence-corrected chi connectivity index (χ0v) is 9.64. The fraction of sp³-hybridized carbons (Fsp3) is 0.300. The first-order chi connectivity index (χ1) is 7.49. The Morgan fingerprint density at radius 2 is 2.25 bits per heavy atom. The Balaban J connectivity index is 2.90. The number of fused-ring (bicyclic) bond motifs is 1. The van der Waals surface area contributed by atoms with Crippen molar-refractivity contribution >= 4 is 18.0 Å². The zero-order chi connectivity index (χ0) is 11.9. The standard InChI is InChI=1S/C10H10FN3OS/c1-5(2)6-4-14-7(11)3-8(15)12-10(14)13-9(6)16/h3-5H,1-2H3,(H,12,13,15,16). The summed E-state index contributed by atoms with van der Waals surface area (Å²) in [5, 5.41) is 0. The minimum absolute atomic E-state index is 0.124. The van der Waals surface area contributed by atoms with Crippen LogP contribution in [-0.4, -0.2) is 14.4 Å². The molecule has 2 rings (SSSR count). The van der Waals surface area contributed by atoms with Crippen LogP contribution in [0.2, 0.25) is 0 Å². The number of rotatable bonds is 1. The normalized spacial score (nSPS) is 11.2. The van der Waals surface area contributed by atoms with E-state index in [2.05, 4.69) is 9.97 Å². The molecule has 0 aliphatic carbocycles. The molecule has 2 heterocycles. The fourth-order valence-corrected chi connectivity index (χ4v) is 1.82. The van der Waals surface area contributed by atoms with Crippen LogP contribution in [0.3, 0.4) is 0 Å². The third-order valence-electron chi connectivity index (χ3n) is 2.29. The van der Waals surface area contributed by atoms with Crippen molar-refractivity contribution < 1.29 is 4.39 Å². The molecule has 0 fully saturated rings. The van der Waals surface area contributed by atoms with Gasteiger partial charge in [0.1, 0.15) is 4.64 Å². The van der Waals surface area contributed by atoms with Gasteiger partial charge in [0, 0.05) is 11.8 Å². The Kier molecular flexibility index (Phi) is 2.59. The van der Waals surface area contributed by atoms with E-state index in [1.54, 1.807) is 6.20 Å². The van der Waals surface area contributed by atoms with Crippen LogP contribution in [0.5, 0.6) is 0 Å². The number of nitrogens with one attached hydrogen (secondary N) is 1. The van der Waals surface area contributed by atoms with Crippen LogP contribution in [0, 0.1) is 10.6 Å². The minimum Gasteiger partial charge on any atom is -0.292 e. The molecular formula is C10H10FN3OS. The van der Waals surface area contributed by atoms with E-state index in [1.165, 1.54) is 4.40 Å². The van der Waals surface area contributed by atoms with Crippen molar-refractivity contribution in [1.82, 2.24) is 14.4 Å². The average Bonchev–Trinajstić information content (AvgIpc) is 2.15. The van der Waals surface area contributed by atoms with Gasteiger partial charge in [0.05, 0.1) is 6.07 Å². The summed E-state index contributed by atoms with van der Waals surface area (Å²) in [6, 6.07) is 0.877. The van der Waals surface area contributed by atoms with Gasteiger partial charge in [-0.25, -0.2) is 4.98 Å². The first-order valence-electron chi connectivity index (χ1n) is 4.81. The lowest BCUT2D eigenvalue weighted by atomic mass is 10.1. The van der Waals surface area contributed by atoms with Crippen molar-refractivity contribution in [2.24, 2.45) is 0 Å². The van der Waals surface area contributed by atoms with Gasteiger partial charge in [-0.1, -0.05) is 26.1 Å². The van der Waals surface area contributed by atoms with Crippen LogP contribution < -0.4 is 5.56 Å². The maximum Gasteiger partial charge on any atom is 0.255 e. The summed E-state index contributed by atoms with van der Waals surface area (Å²) in [7, 11) is 0. The predicted molar refractivity (Wildman–Crippen MR) is 60.7 cm³/mol. The lowest BCUT2D eigenvalue weighted by Crippen LogP contribution is -2.13. The number of hydrogen-bond acceptors (Lipinski definition) is 3. The highest BCUT2D eigenvalue weighted by Crippen LogP contribution is 2.15. The molecule has 0 saturated carbocycles. The van der Waals surface area contributed by atoms with Gasteiger partial charge >= 0.3 is 0 Å². The van der Waals surface area contributed by atoms with Crippen LogP contribution in [0.15, 0.2) is 17.1 Å². The molecule has 84 valence electrons. The summed E-state index contributed by atoms with van der Waals surface area (Å²) in [6.07, 6.45) is 1.57. The number of aromatic nitrogens is 3. The lowest BCUT2D eigenvalue weighted by Gasteiger charge is -2.08. The van der Waals surface area contributed by atoms with Gasteiger partial charge in [-0.05, 0) is 5.92 Å². The first-order valence-corrected chi connectivity index (χ1v) is 5.22. The molecule has 0 aliphatic heterocycles. The Labute approximate surface area is 95.8 Å². The van der Waals surface area contributed by atoms with Crippen molar-refractivity contribution in [2.75, 3.05) is 0 Å². The second kappa shape index (κ2) is 3.79. The van der Waals surface area contributed by atoms with E-state index < -0.39 is 11.5 Å². The van der Waals surface area contributed by atoms with Gasteiger partial charge in [0.15, 0.2) is 0 Å². The third kappa shape index (κ3) is 1.76. The van der Waals surface area contributed by atoms with E-state index >= 15 is 0 Å². The number of hydrogen-bond donors (Lipinski definition) is 1. The van der Waals surface area contributed by atoms with Crippen LogP contribution in [0.4, 0.5) is 4.39 Å². The molecule has 0 atom stereocenters. The molecule has 2 aromatic rings. The Bertz CT molecular complexity index is 659. The largest absolute Gasteiger partial charge is 0.292 e. The van der Waals surface area contributed by atoms with Gasteiger partial charge in [-0.15, -0.1) is 0 Å². The number of aromatic amines is 1. The van der Waals surface area contributed by atoms with Gasteiger partial charge in [0.25, 0.3) is 5.56 Å². The van der Waals surface area contributed by atoms with E-state index in [0.29, 0.717) is 4.64 Å². The third-order valence-corrected chi connectivity index (χ3v) is 2.62. The first kappa shape index (κ1) is 10.9. The molecule has 4 nitrogen and oxygen atoms in total. The number of nitrogens with zero attached hydrogens (tertiary/aromatic N) is 2. The molecule has 0 saturated heterocycles. The topological polar surface area (TPSA) is 50.2 Å². The minimum atomic E-state index is -0.650. The lowest BCUT2D eigenvalue weighted by molar-refractivity contribution is 0.556. The molecule has 0 bridgehead atoms.